The fourth-order valence-corrected chi connectivity index (χ4v) is 5.51. The third-order valence-corrected chi connectivity index (χ3v) is 7.33. The molecule has 1 N–H and O–H groups in total. The van der Waals surface area contributed by atoms with Crippen LogP contribution in [0.4, 0.5) is 0 Å². The van der Waals surface area contributed by atoms with Crippen molar-refractivity contribution in [1.82, 2.24) is 14.6 Å². The molecule has 1 saturated heterocycles. The van der Waals surface area contributed by atoms with Crippen molar-refractivity contribution in [2.24, 2.45) is 0 Å². The molecule has 1 aromatic heterocycles. The van der Waals surface area contributed by atoms with Crippen LogP contribution in [-0.4, -0.2) is 36.8 Å². The lowest BCUT2D eigenvalue weighted by atomic mass is 10.1. The Morgan fingerprint density at radius 2 is 1.93 bits per heavy atom. The molecule has 4 rings (SSSR count). The highest BCUT2D eigenvalue weighted by Crippen LogP contribution is 2.27. The van der Waals surface area contributed by atoms with Crippen LogP contribution in [0.25, 0.3) is 10.8 Å². The third kappa shape index (κ3) is 4.90. The van der Waals surface area contributed by atoms with Gasteiger partial charge in [0.25, 0.3) is 0 Å². The molecule has 0 spiro atoms. The topological polar surface area (TPSA) is 62.3 Å². The van der Waals surface area contributed by atoms with Gasteiger partial charge in [0.05, 0.1) is 4.90 Å². The van der Waals surface area contributed by atoms with E-state index in [2.05, 4.69) is 10.3 Å². The maximum absolute atomic E-state index is 13.3. The summed E-state index contributed by atoms with van der Waals surface area (Å²) in [6.45, 7) is 1.70. The summed E-state index contributed by atoms with van der Waals surface area (Å²) in [6.07, 6.45) is 5.12. The first kappa shape index (κ1) is 22.0. The number of hydrogen-bond acceptors (Lipinski definition) is 4. The van der Waals surface area contributed by atoms with E-state index in [0.717, 1.165) is 23.8 Å². The van der Waals surface area contributed by atoms with Crippen LogP contribution >= 0.6 is 24.0 Å². The average molecular weight is 452 g/mol. The highest BCUT2D eigenvalue weighted by Gasteiger charge is 2.31. The van der Waals surface area contributed by atoms with Gasteiger partial charge in [-0.25, -0.2) is 8.42 Å². The van der Waals surface area contributed by atoms with Gasteiger partial charge in [0.1, 0.15) is 0 Å². The Morgan fingerprint density at radius 3 is 2.72 bits per heavy atom. The minimum Gasteiger partial charge on any atom is -0.309 e. The lowest BCUT2D eigenvalue weighted by Crippen LogP contribution is -2.47. The van der Waals surface area contributed by atoms with Crippen LogP contribution in [0.2, 0.25) is 5.02 Å². The number of pyridine rings is 1. The Bertz CT molecular complexity index is 1070. The SMILES string of the molecule is Cl.O=S(=O)(c1cccc2cnccc12)N1CCCC(NCc2ccc(Cl)cc2)C1. The van der Waals surface area contributed by atoms with Crippen molar-refractivity contribution in [3.63, 3.8) is 0 Å². The van der Waals surface area contributed by atoms with Gasteiger partial charge in [-0.3, -0.25) is 4.98 Å². The van der Waals surface area contributed by atoms with Gasteiger partial charge in [0.2, 0.25) is 10.0 Å². The molecule has 1 atom stereocenters. The zero-order chi connectivity index (χ0) is 19.6. The van der Waals surface area contributed by atoms with Crippen molar-refractivity contribution in [2.45, 2.75) is 30.3 Å². The smallest absolute Gasteiger partial charge is 0.243 e. The molecule has 1 fully saturated rings. The van der Waals surface area contributed by atoms with Gasteiger partial charge in [-0.05, 0) is 42.7 Å². The number of halogens is 2. The van der Waals surface area contributed by atoms with Crippen LogP contribution in [0.15, 0.2) is 65.8 Å². The maximum atomic E-state index is 13.3. The zero-order valence-electron chi connectivity index (χ0n) is 15.8. The number of sulfonamides is 1. The fraction of sp³-hybridized carbons (Fsp3) is 0.286. The van der Waals surface area contributed by atoms with E-state index in [4.69, 9.17) is 11.6 Å². The van der Waals surface area contributed by atoms with Crippen molar-refractivity contribution in [3.05, 3.63) is 71.5 Å². The molecule has 2 heterocycles. The van der Waals surface area contributed by atoms with E-state index in [1.807, 2.05) is 30.3 Å². The summed E-state index contributed by atoms with van der Waals surface area (Å²) < 4.78 is 28.2. The lowest BCUT2D eigenvalue weighted by Gasteiger charge is -2.32. The molecule has 0 bridgehead atoms. The molecule has 29 heavy (non-hydrogen) atoms. The Hall–Kier alpha value is -1.70. The standard InChI is InChI=1S/C21H22ClN3O2S.ClH/c22-18-8-6-16(7-9-18)13-24-19-4-2-12-25(15-19)28(26,27)21-5-1-3-17-14-23-11-10-20(17)21;/h1,3,5-11,14,19,24H,2,4,12-13,15H2;1H. The molecule has 1 aliphatic heterocycles. The molecule has 0 saturated carbocycles. The number of piperidine rings is 1. The highest BCUT2D eigenvalue weighted by molar-refractivity contribution is 7.89. The molecule has 3 aromatic rings. The molecule has 1 unspecified atom stereocenters. The summed E-state index contributed by atoms with van der Waals surface area (Å²) in [5, 5.41) is 5.75. The van der Waals surface area contributed by atoms with Gasteiger partial charge in [0.15, 0.2) is 0 Å². The molecule has 8 heteroatoms. The number of hydrogen-bond donors (Lipinski definition) is 1. The Kier molecular flexibility index (Phi) is 7.14. The largest absolute Gasteiger partial charge is 0.309 e. The zero-order valence-corrected chi connectivity index (χ0v) is 18.2. The van der Waals surface area contributed by atoms with E-state index >= 15 is 0 Å². The normalized spacial score (nSPS) is 17.8. The molecule has 0 aliphatic carbocycles. The second kappa shape index (κ2) is 9.41. The second-order valence-electron chi connectivity index (χ2n) is 7.06. The predicted octanol–water partition coefficient (Wildman–Crippen LogP) is 4.25. The first-order valence-electron chi connectivity index (χ1n) is 9.35. The van der Waals surface area contributed by atoms with Crippen LogP contribution in [0, 0.1) is 0 Å². The predicted molar refractivity (Wildman–Crippen MR) is 119 cm³/mol. The van der Waals surface area contributed by atoms with Crippen LogP contribution in [0.1, 0.15) is 18.4 Å². The maximum Gasteiger partial charge on any atom is 0.243 e. The molecule has 0 radical (unpaired) electrons. The summed E-state index contributed by atoms with van der Waals surface area (Å²) in [5.74, 6) is 0. The molecule has 0 amide bonds. The third-order valence-electron chi connectivity index (χ3n) is 5.15. The van der Waals surface area contributed by atoms with E-state index in [-0.39, 0.29) is 18.4 Å². The summed E-state index contributed by atoms with van der Waals surface area (Å²) >= 11 is 5.93. The van der Waals surface area contributed by atoms with E-state index in [0.29, 0.717) is 34.9 Å². The van der Waals surface area contributed by atoms with Crippen LogP contribution in [-0.2, 0) is 16.6 Å². The van der Waals surface area contributed by atoms with Gasteiger partial charge in [-0.1, -0.05) is 35.9 Å². The number of benzene rings is 2. The number of fused-ring (bicyclic) bond motifs is 1. The first-order valence-corrected chi connectivity index (χ1v) is 11.2. The Morgan fingerprint density at radius 1 is 1.14 bits per heavy atom. The summed E-state index contributed by atoms with van der Waals surface area (Å²) in [6, 6.07) is 14.9. The van der Waals surface area contributed by atoms with Crippen molar-refractivity contribution in [1.29, 1.82) is 0 Å². The number of nitrogens with zero attached hydrogens (tertiary/aromatic N) is 2. The summed E-state index contributed by atoms with van der Waals surface area (Å²) in [7, 11) is -3.56. The first-order chi connectivity index (χ1) is 13.5. The molecule has 1 aliphatic rings. The monoisotopic (exact) mass is 451 g/mol. The Labute approximate surface area is 182 Å². The van der Waals surface area contributed by atoms with Crippen molar-refractivity contribution in [3.8, 4) is 0 Å². The summed E-state index contributed by atoms with van der Waals surface area (Å²) in [5.41, 5.74) is 1.13. The van der Waals surface area contributed by atoms with Gasteiger partial charge in [0, 0.05) is 53.9 Å². The second-order valence-corrected chi connectivity index (χ2v) is 9.41. The summed E-state index contributed by atoms with van der Waals surface area (Å²) in [4.78, 5) is 4.45. The van der Waals surface area contributed by atoms with E-state index in [1.54, 1.807) is 34.9 Å². The number of nitrogens with one attached hydrogen (secondary N) is 1. The van der Waals surface area contributed by atoms with E-state index in [1.165, 1.54) is 0 Å². The quantitative estimate of drug-likeness (QED) is 0.629. The average Bonchev–Trinajstić information content (AvgIpc) is 2.73. The van der Waals surface area contributed by atoms with Crippen LogP contribution in [0.3, 0.4) is 0 Å². The van der Waals surface area contributed by atoms with Gasteiger partial charge >= 0.3 is 0 Å². The van der Waals surface area contributed by atoms with Gasteiger partial charge in [-0.15, -0.1) is 12.4 Å². The molecular formula is C21H23Cl2N3O2S. The van der Waals surface area contributed by atoms with Gasteiger partial charge in [-0.2, -0.15) is 4.31 Å². The molecule has 154 valence electrons. The van der Waals surface area contributed by atoms with E-state index < -0.39 is 10.0 Å². The molecular weight excluding hydrogens is 429 g/mol. The van der Waals surface area contributed by atoms with Crippen LogP contribution in [0.5, 0.6) is 0 Å². The van der Waals surface area contributed by atoms with Gasteiger partial charge < -0.3 is 5.32 Å². The highest BCUT2D eigenvalue weighted by atomic mass is 35.5. The van der Waals surface area contributed by atoms with E-state index in [9.17, 15) is 8.42 Å². The molecule has 2 aromatic carbocycles. The number of aromatic nitrogens is 1. The van der Waals surface area contributed by atoms with Crippen molar-refractivity contribution < 1.29 is 8.42 Å². The number of rotatable bonds is 5. The van der Waals surface area contributed by atoms with Crippen molar-refractivity contribution in [2.75, 3.05) is 13.1 Å². The Balaban J connectivity index is 0.00000240. The fourth-order valence-electron chi connectivity index (χ4n) is 3.65. The van der Waals surface area contributed by atoms with Crippen molar-refractivity contribution >= 4 is 44.8 Å². The van der Waals surface area contributed by atoms with Crippen LogP contribution < -0.4 is 5.32 Å². The minimum atomic E-state index is -3.56. The molecule has 5 nitrogen and oxygen atoms in total. The lowest BCUT2D eigenvalue weighted by molar-refractivity contribution is 0.282. The minimum absolute atomic E-state index is 0.